The number of halogens is 1. The second-order valence-corrected chi connectivity index (χ2v) is 6.02. The maximum atomic E-state index is 13.7. The van der Waals surface area contributed by atoms with E-state index >= 15 is 0 Å². The number of hydroxylamine groups is 2. The molecule has 0 spiro atoms. The van der Waals surface area contributed by atoms with Gasteiger partial charge in [-0.3, -0.25) is 4.79 Å². The Morgan fingerprint density at radius 1 is 1.46 bits per heavy atom. The molecule has 0 bridgehead atoms. The third kappa shape index (κ3) is 3.84. The molecule has 26 heavy (non-hydrogen) atoms. The van der Waals surface area contributed by atoms with E-state index in [0.29, 0.717) is 40.7 Å². The van der Waals surface area contributed by atoms with Crippen LogP contribution in [0.2, 0.25) is 0 Å². The van der Waals surface area contributed by atoms with Gasteiger partial charge in [0.1, 0.15) is 11.5 Å². The van der Waals surface area contributed by atoms with E-state index in [2.05, 4.69) is 20.9 Å². The maximum absolute atomic E-state index is 13.7. The molecule has 0 saturated heterocycles. The van der Waals surface area contributed by atoms with Crippen molar-refractivity contribution >= 4 is 28.4 Å². The fraction of sp³-hybridized carbons (Fsp3) is 0.294. The van der Waals surface area contributed by atoms with E-state index in [9.17, 15) is 14.0 Å². The van der Waals surface area contributed by atoms with Crippen molar-refractivity contribution in [1.82, 2.24) is 26.0 Å². The van der Waals surface area contributed by atoms with Crippen LogP contribution in [0.1, 0.15) is 22.5 Å². The average Bonchev–Trinajstić information content (AvgIpc) is 2.88. The van der Waals surface area contributed by atoms with Crippen molar-refractivity contribution in [2.75, 3.05) is 26.7 Å². The molecule has 0 atom stereocenters. The standard InChI is InChI=1S/C17H20FN5O3/c1-23(26)7-6-20-17(25)21-9-10-4-5-19-16(24)15-14(10)12-8-11(18)2-3-13(12)22-15/h2-3,8-9,22,26H,4-7H2,1H3,(H,19,24)(H2,20,21,25)/b10-9+. The molecule has 2 aromatic rings. The molecule has 1 aromatic heterocycles. The van der Waals surface area contributed by atoms with E-state index in [1.54, 1.807) is 6.07 Å². The molecule has 9 heteroatoms. The largest absolute Gasteiger partial charge is 0.350 e. The zero-order valence-electron chi connectivity index (χ0n) is 14.2. The first-order valence-electron chi connectivity index (χ1n) is 8.19. The number of hydrogen-bond acceptors (Lipinski definition) is 4. The maximum Gasteiger partial charge on any atom is 0.318 e. The van der Waals surface area contributed by atoms with Crippen LogP contribution in [0.5, 0.6) is 0 Å². The van der Waals surface area contributed by atoms with E-state index in [-0.39, 0.29) is 19.0 Å². The Kier molecular flexibility index (Phi) is 5.19. The molecule has 1 aliphatic rings. The van der Waals surface area contributed by atoms with Crippen LogP contribution in [0.25, 0.3) is 16.5 Å². The Hall–Kier alpha value is -2.91. The minimum atomic E-state index is -0.435. The van der Waals surface area contributed by atoms with Gasteiger partial charge in [-0.15, -0.1) is 0 Å². The Bertz CT molecular complexity index is 875. The number of H-pyrrole nitrogens is 1. The van der Waals surface area contributed by atoms with Crippen LogP contribution in [0, 0.1) is 5.82 Å². The summed E-state index contributed by atoms with van der Waals surface area (Å²) in [5.74, 6) is -0.669. The smallest absolute Gasteiger partial charge is 0.318 e. The Morgan fingerprint density at radius 2 is 2.27 bits per heavy atom. The number of hydrogen-bond donors (Lipinski definition) is 5. The van der Waals surface area contributed by atoms with Crippen molar-refractivity contribution in [3.8, 4) is 0 Å². The highest BCUT2D eigenvalue weighted by atomic mass is 19.1. The lowest BCUT2D eigenvalue weighted by molar-refractivity contribution is -0.0625. The Labute approximate surface area is 149 Å². The topological polar surface area (TPSA) is 109 Å². The zero-order valence-corrected chi connectivity index (χ0v) is 14.2. The third-order valence-electron chi connectivity index (χ3n) is 4.09. The normalized spacial score (nSPS) is 15.7. The number of fused-ring (bicyclic) bond motifs is 3. The molecule has 2 heterocycles. The SMILES string of the molecule is CN(O)CCNC(=O)N/C=C1\CCNC(=O)c2[nH]c3ccc(F)cc3c21. The lowest BCUT2D eigenvalue weighted by Crippen LogP contribution is -2.37. The molecule has 138 valence electrons. The van der Waals surface area contributed by atoms with Gasteiger partial charge >= 0.3 is 6.03 Å². The van der Waals surface area contributed by atoms with Gasteiger partial charge in [0.25, 0.3) is 5.91 Å². The number of nitrogens with zero attached hydrogens (tertiary/aromatic N) is 1. The van der Waals surface area contributed by atoms with Gasteiger partial charge in [0, 0.05) is 49.3 Å². The van der Waals surface area contributed by atoms with Gasteiger partial charge in [-0.25, -0.2) is 9.18 Å². The second kappa shape index (κ2) is 7.54. The van der Waals surface area contributed by atoms with E-state index in [1.165, 1.54) is 25.4 Å². The molecule has 0 aliphatic carbocycles. The molecule has 0 fully saturated rings. The highest BCUT2D eigenvalue weighted by Crippen LogP contribution is 2.32. The van der Waals surface area contributed by atoms with Gasteiger partial charge < -0.3 is 26.1 Å². The van der Waals surface area contributed by atoms with Crippen molar-refractivity contribution in [2.45, 2.75) is 6.42 Å². The first-order chi connectivity index (χ1) is 12.5. The molecule has 0 saturated carbocycles. The highest BCUT2D eigenvalue weighted by molar-refractivity contribution is 6.07. The van der Waals surface area contributed by atoms with Crippen LogP contribution in [0.15, 0.2) is 24.4 Å². The lowest BCUT2D eigenvalue weighted by atomic mass is 10.0. The van der Waals surface area contributed by atoms with Crippen LogP contribution < -0.4 is 16.0 Å². The van der Waals surface area contributed by atoms with Crippen LogP contribution in [0.3, 0.4) is 0 Å². The Balaban J connectivity index is 1.87. The first-order valence-corrected chi connectivity index (χ1v) is 8.19. The molecular formula is C17H20FN5O3. The van der Waals surface area contributed by atoms with Gasteiger partial charge in [-0.1, -0.05) is 0 Å². The Morgan fingerprint density at radius 3 is 3.04 bits per heavy atom. The molecule has 8 nitrogen and oxygen atoms in total. The molecule has 1 aromatic carbocycles. The van der Waals surface area contributed by atoms with Crippen molar-refractivity contribution in [3.05, 3.63) is 41.5 Å². The number of rotatable bonds is 4. The van der Waals surface area contributed by atoms with Gasteiger partial charge in [0.2, 0.25) is 0 Å². The van der Waals surface area contributed by atoms with E-state index in [4.69, 9.17) is 5.21 Å². The summed E-state index contributed by atoms with van der Waals surface area (Å²) in [7, 11) is 1.48. The number of benzene rings is 1. The quantitative estimate of drug-likeness (QED) is 0.530. The van der Waals surface area contributed by atoms with E-state index < -0.39 is 11.8 Å². The summed E-state index contributed by atoms with van der Waals surface area (Å²) in [6.45, 7) is 0.961. The van der Waals surface area contributed by atoms with Gasteiger partial charge in [0.05, 0.1) is 0 Å². The van der Waals surface area contributed by atoms with Crippen molar-refractivity contribution in [3.63, 3.8) is 0 Å². The van der Waals surface area contributed by atoms with Crippen LogP contribution in [-0.4, -0.2) is 53.9 Å². The van der Waals surface area contributed by atoms with Gasteiger partial charge in [-0.2, -0.15) is 5.06 Å². The monoisotopic (exact) mass is 361 g/mol. The molecule has 3 amide bonds. The molecule has 1 aliphatic heterocycles. The molecule has 0 unspecified atom stereocenters. The number of nitrogens with one attached hydrogen (secondary N) is 4. The zero-order chi connectivity index (χ0) is 18.7. The second-order valence-electron chi connectivity index (χ2n) is 6.02. The fourth-order valence-corrected chi connectivity index (χ4v) is 2.87. The summed E-state index contributed by atoms with van der Waals surface area (Å²) >= 11 is 0. The minimum absolute atomic E-state index is 0.268. The van der Waals surface area contributed by atoms with Crippen LogP contribution in [-0.2, 0) is 0 Å². The first kappa shape index (κ1) is 17.9. The average molecular weight is 361 g/mol. The number of carbonyl (C=O) groups excluding carboxylic acids is 2. The predicted octanol–water partition coefficient (Wildman–Crippen LogP) is 1.40. The number of amides is 3. The lowest BCUT2D eigenvalue weighted by Gasteiger charge is -2.10. The highest BCUT2D eigenvalue weighted by Gasteiger charge is 2.24. The molecular weight excluding hydrogens is 341 g/mol. The summed E-state index contributed by atoms with van der Waals surface area (Å²) < 4.78 is 13.7. The summed E-state index contributed by atoms with van der Waals surface area (Å²) in [4.78, 5) is 27.1. The summed E-state index contributed by atoms with van der Waals surface area (Å²) in [5, 5.41) is 18.6. The van der Waals surface area contributed by atoms with E-state index in [1.807, 2.05) is 0 Å². The molecule has 5 N–H and O–H groups in total. The third-order valence-corrected chi connectivity index (χ3v) is 4.09. The summed E-state index contributed by atoms with van der Waals surface area (Å²) in [6.07, 6.45) is 2.01. The van der Waals surface area contributed by atoms with Crippen molar-refractivity contribution in [1.29, 1.82) is 0 Å². The molecule has 3 rings (SSSR count). The number of likely N-dealkylation sites (N-methyl/N-ethyl adjacent to an activating group) is 1. The van der Waals surface area contributed by atoms with Gasteiger partial charge in [0.15, 0.2) is 0 Å². The van der Waals surface area contributed by atoms with Crippen LogP contribution in [0.4, 0.5) is 9.18 Å². The predicted molar refractivity (Wildman–Crippen MR) is 94.1 cm³/mol. The minimum Gasteiger partial charge on any atom is -0.350 e. The van der Waals surface area contributed by atoms with Crippen molar-refractivity contribution < 1.29 is 19.2 Å². The fourth-order valence-electron chi connectivity index (χ4n) is 2.87. The molecule has 0 radical (unpaired) electrons. The number of aromatic amines is 1. The number of aromatic nitrogens is 1. The van der Waals surface area contributed by atoms with Crippen molar-refractivity contribution in [2.24, 2.45) is 0 Å². The van der Waals surface area contributed by atoms with Crippen LogP contribution >= 0.6 is 0 Å². The summed E-state index contributed by atoms with van der Waals surface area (Å²) in [5.41, 5.74) is 2.29. The van der Waals surface area contributed by atoms with E-state index in [0.717, 1.165) is 5.06 Å². The van der Waals surface area contributed by atoms with Gasteiger partial charge in [-0.05, 0) is 30.2 Å². The number of carbonyl (C=O) groups is 2. The summed E-state index contributed by atoms with van der Waals surface area (Å²) in [6, 6.07) is 3.84. The number of urea groups is 1.